The molecule has 0 saturated carbocycles. The van der Waals surface area contributed by atoms with Gasteiger partial charge in [0.05, 0.1) is 5.69 Å². The van der Waals surface area contributed by atoms with E-state index in [1.807, 2.05) is 0 Å². The average Bonchev–Trinajstić information content (AvgIpc) is 2.55. The maximum atomic E-state index is 4.53. The predicted molar refractivity (Wildman–Crippen MR) is 63.8 cm³/mol. The van der Waals surface area contributed by atoms with Gasteiger partial charge in [-0.05, 0) is 19.4 Å². The summed E-state index contributed by atoms with van der Waals surface area (Å²) in [5.41, 5.74) is 2.47. The molecule has 86 valence electrons. The van der Waals surface area contributed by atoms with Gasteiger partial charge in [-0.3, -0.25) is 4.68 Å². The monoisotopic (exact) mass is 209 g/mol. The zero-order chi connectivity index (χ0) is 11.3. The molecule has 1 heterocycles. The van der Waals surface area contributed by atoms with Crippen molar-refractivity contribution in [3.63, 3.8) is 0 Å². The van der Waals surface area contributed by atoms with Crippen LogP contribution in [-0.2, 0) is 13.1 Å². The second-order valence-electron chi connectivity index (χ2n) is 4.26. The SMILES string of the molecule is CCNCc1cn(CC(C)CC)nc1C. The summed E-state index contributed by atoms with van der Waals surface area (Å²) in [6.45, 7) is 11.7. The molecule has 15 heavy (non-hydrogen) atoms. The van der Waals surface area contributed by atoms with Crippen molar-refractivity contribution in [2.24, 2.45) is 5.92 Å². The molecule has 0 aliphatic rings. The lowest BCUT2D eigenvalue weighted by molar-refractivity contribution is 0.437. The lowest BCUT2D eigenvalue weighted by atomic mass is 10.1. The van der Waals surface area contributed by atoms with Crippen LogP contribution < -0.4 is 5.32 Å². The van der Waals surface area contributed by atoms with Crippen LogP contribution in [0.4, 0.5) is 0 Å². The van der Waals surface area contributed by atoms with Gasteiger partial charge in [-0.1, -0.05) is 27.2 Å². The summed E-state index contributed by atoms with van der Waals surface area (Å²) in [6, 6.07) is 0. The van der Waals surface area contributed by atoms with Gasteiger partial charge in [-0.25, -0.2) is 0 Å². The van der Waals surface area contributed by atoms with Crippen molar-refractivity contribution in [3.8, 4) is 0 Å². The van der Waals surface area contributed by atoms with Gasteiger partial charge in [0.15, 0.2) is 0 Å². The van der Waals surface area contributed by atoms with E-state index in [4.69, 9.17) is 0 Å². The first-order valence-electron chi connectivity index (χ1n) is 5.91. The minimum absolute atomic E-state index is 0.705. The van der Waals surface area contributed by atoms with Crippen LogP contribution in [0.25, 0.3) is 0 Å². The molecule has 1 aromatic heterocycles. The van der Waals surface area contributed by atoms with Crippen LogP contribution in [0.3, 0.4) is 0 Å². The highest BCUT2D eigenvalue weighted by atomic mass is 15.3. The standard InChI is InChI=1S/C12H23N3/c1-5-10(3)8-15-9-12(7-13-6-2)11(4)14-15/h9-10,13H,5-8H2,1-4H3. The summed E-state index contributed by atoms with van der Waals surface area (Å²) in [5.74, 6) is 0.705. The van der Waals surface area contributed by atoms with Gasteiger partial charge < -0.3 is 5.32 Å². The Balaban J connectivity index is 2.59. The normalized spacial score (nSPS) is 13.1. The number of rotatable bonds is 6. The molecule has 0 amide bonds. The fraction of sp³-hybridized carbons (Fsp3) is 0.750. The van der Waals surface area contributed by atoms with Crippen LogP contribution in [0.5, 0.6) is 0 Å². The van der Waals surface area contributed by atoms with Gasteiger partial charge in [0.2, 0.25) is 0 Å². The summed E-state index contributed by atoms with van der Waals surface area (Å²) in [5, 5.41) is 7.86. The Kier molecular flexibility index (Phi) is 4.82. The zero-order valence-corrected chi connectivity index (χ0v) is 10.4. The lowest BCUT2D eigenvalue weighted by Crippen LogP contribution is -2.12. The molecule has 0 aliphatic carbocycles. The number of hydrogen-bond acceptors (Lipinski definition) is 2. The lowest BCUT2D eigenvalue weighted by Gasteiger charge is -2.07. The molecular formula is C12H23N3. The summed E-state index contributed by atoms with van der Waals surface area (Å²) >= 11 is 0. The molecule has 3 heteroatoms. The third-order valence-corrected chi connectivity index (χ3v) is 2.81. The van der Waals surface area contributed by atoms with E-state index >= 15 is 0 Å². The Morgan fingerprint density at radius 3 is 2.80 bits per heavy atom. The maximum Gasteiger partial charge on any atom is 0.0638 e. The van der Waals surface area contributed by atoms with Crippen molar-refractivity contribution in [2.45, 2.75) is 47.2 Å². The second kappa shape index (κ2) is 5.91. The summed E-state index contributed by atoms with van der Waals surface area (Å²) in [6.07, 6.45) is 3.38. The van der Waals surface area contributed by atoms with Gasteiger partial charge in [0, 0.05) is 24.8 Å². The molecule has 0 bridgehead atoms. The molecule has 3 nitrogen and oxygen atoms in total. The van der Waals surface area contributed by atoms with Crippen LogP contribution in [0.2, 0.25) is 0 Å². The van der Waals surface area contributed by atoms with Gasteiger partial charge in [0.1, 0.15) is 0 Å². The number of aryl methyl sites for hydroxylation is 1. The van der Waals surface area contributed by atoms with Crippen molar-refractivity contribution in [2.75, 3.05) is 6.54 Å². The summed E-state index contributed by atoms with van der Waals surface area (Å²) < 4.78 is 2.08. The molecule has 0 spiro atoms. The van der Waals surface area contributed by atoms with Crippen molar-refractivity contribution >= 4 is 0 Å². The fourth-order valence-corrected chi connectivity index (χ4v) is 1.53. The number of aromatic nitrogens is 2. The van der Waals surface area contributed by atoms with E-state index in [2.05, 4.69) is 49.0 Å². The van der Waals surface area contributed by atoms with E-state index in [-0.39, 0.29) is 0 Å². The first-order valence-corrected chi connectivity index (χ1v) is 5.91. The summed E-state index contributed by atoms with van der Waals surface area (Å²) in [7, 11) is 0. The van der Waals surface area contributed by atoms with Crippen molar-refractivity contribution in [1.82, 2.24) is 15.1 Å². The van der Waals surface area contributed by atoms with Crippen LogP contribution in [0, 0.1) is 12.8 Å². The molecular weight excluding hydrogens is 186 g/mol. The zero-order valence-electron chi connectivity index (χ0n) is 10.4. The molecule has 1 atom stereocenters. The average molecular weight is 209 g/mol. The third-order valence-electron chi connectivity index (χ3n) is 2.81. The van der Waals surface area contributed by atoms with Crippen molar-refractivity contribution in [1.29, 1.82) is 0 Å². The smallest absolute Gasteiger partial charge is 0.0638 e. The predicted octanol–water partition coefficient (Wildman–Crippen LogP) is 2.35. The highest BCUT2D eigenvalue weighted by Crippen LogP contribution is 2.09. The highest BCUT2D eigenvalue weighted by Gasteiger charge is 2.06. The van der Waals surface area contributed by atoms with Crippen molar-refractivity contribution in [3.05, 3.63) is 17.5 Å². The molecule has 0 saturated heterocycles. The third kappa shape index (κ3) is 3.67. The van der Waals surface area contributed by atoms with E-state index in [0.717, 1.165) is 25.3 Å². The maximum absolute atomic E-state index is 4.53. The molecule has 0 fully saturated rings. The van der Waals surface area contributed by atoms with E-state index < -0.39 is 0 Å². The van der Waals surface area contributed by atoms with Crippen LogP contribution in [0.1, 0.15) is 38.4 Å². The van der Waals surface area contributed by atoms with Crippen LogP contribution >= 0.6 is 0 Å². The Labute approximate surface area is 92.9 Å². The fourth-order valence-electron chi connectivity index (χ4n) is 1.53. The van der Waals surface area contributed by atoms with Gasteiger partial charge in [-0.15, -0.1) is 0 Å². The number of nitrogens with zero attached hydrogens (tertiary/aromatic N) is 2. The first-order chi connectivity index (χ1) is 7.17. The van der Waals surface area contributed by atoms with Crippen molar-refractivity contribution < 1.29 is 0 Å². The molecule has 0 radical (unpaired) electrons. The van der Waals surface area contributed by atoms with E-state index in [1.165, 1.54) is 12.0 Å². The van der Waals surface area contributed by atoms with E-state index in [0.29, 0.717) is 5.92 Å². The summed E-state index contributed by atoms with van der Waals surface area (Å²) in [4.78, 5) is 0. The Hall–Kier alpha value is -0.830. The Morgan fingerprint density at radius 1 is 1.47 bits per heavy atom. The quantitative estimate of drug-likeness (QED) is 0.779. The largest absolute Gasteiger partial charge is 0.313 e. The van der Waals surface area contributed by atoms with E-state index in [9.17, 15) is 0 Å². The Bertz CT molecular complexity index is 291. The molecule has 1 rings (SSSR count). The first kappa shape index (κ1) is 12.2. The minimum Gasteiger partial charge on any atom is -0.313 e. The highest BCUT2D eigenvalue weighted by molar-refractivity contribution is 5.14. The second-order valence-corrected chi connectivity index (χ2v) is 4.26. The number of nitrogens with one attached hydrogen (secondary N) is 1. The molecule has 0 aromatic carbocycles. The van der Waals surface area contributed by atoms with Crippen LogP contribution in [0.15, 0.2) is 6.20 Å². The molecule has 1 unspecified atom stereocenters. The van der Waals surface area contributed by atoms with Gasteiger partial charge >= 0.3 is 0 Å². The van der Waals surface area contributed by atoms with Gasteiger partial charge in [0.25, 0.3) is 0 Å². The van der Waals surface area contributed by atoms with Gasteiger partial charge in [-0.2, -0.15) is 5.10 Å². The molecule has 0 aliphatic heterocycles. The van der Waals surface area contributed by atoms with Crippen LogP contribution in [-0.4, -0.2) is 16.3 Å². The van der Waals surface area contributed by atoms with E-state index in [1.54, 1.807) is 0 Å². The minimum atomic E-state index is 0.705. The number of hydrogen-bond donors (Lipinski definition) is 1. The molecule has 1 N–H and O–H groups in total. The molecule has 1 aromatic rings. The Morgan fingerprint density at radius 2 is 2.20 bits per heavy atom. The topological polar surface area (TPSA) is 29.9 Å².